The minimum absolute atomic E-state index is 0.712. The number of benzene rings is 1. The Morgan fingerprint density at radius 3 is 2.59 bits per heavy atom. The number of hydrogen-bond acceptors (Lipinski definition) is 2. The summed E-state index contributed by atoms with van der Waals surface area (Å²) in [6, 6.07) is 10.1. The third-order valence-corrected chi connectivity index (χ3v) is 3.25. The van der Waals surface area contributed by atoms with Crippen molar-refractivity contribution in [2.45, 2.75) is 33.7 Å². The Hall–Kier alpha value is -1.33. The predicted octanol–water partition coefficient (Wildman–Crippen LogP) is 3.43. The largest absolute Gasteiger partial charge is 0.299 e. The number of nitrogens with zero attached hydrogens (tertiary/aromatic N) is 2. The van der Waals surface area contributed by atoms with Crippen LogP contribution in [0.4, 0.5) is 0 Å². The first-order chi connectivity index (χ1) is 8.21. The Bertz CT molecular complexity index is 379. The van der Waals surface area contributed by atoms with Gasteiger partial charge in [-0.15, -0.1) is 0 Å². The van der Waals surface area contributed by atoms with Crippen molar-refractivity contribution in [3.63, 3.8) is 0 Å². The second-order valence-electron chi connectivity index (χ2n) is 4.61. The van der Waals surface area contributed by atoms with E-state index in [9.17, 15) is 0 Å². The van der Waals surface area contributed by atoms with Crippen LogP contribution >= 0.6 is 0 Å². The Morgan fingerprint density at radius 1 is 1.29 bits per heavy atom. The van der Waals surface area contributed by atoms with E-state index in [1.165, 1.54) is 6.42 Å². The molecule has 0 bridgehead atoms. The van der Waals surface area contributed by atoms with E-state index in [1.807, 2.05) is 18.2 Å². The summed E-state index contributed by atoms with van der Waals surface area (Å²) < 4.78 is 0. The molecular formula is C15H22N2. The van der Waals surface area contributed by atoms with Crippen LogP contribution in [0.1, 0.15) is 38.3 Å². The van der Waals surface area contributed by atoms with Crippen molar-refractivity contribution < 1.29 is 0 Å². The first kappa shape index (κ1) is 13.7. The summed E-state index contributed by atoms with van der Waals surface area (Å²) in [7, 11) is 0. The van der Waals surface area contributed by atoms with Gasteiger partial charge in [-0.2, -0.15) is 5.26 Å². The smallest absolute Gasteiger partial charge is 0.0995 e. The molecule has 0 heterocycles. The van der Waals surface area contributed by atoms with Crippen LogP contribution in [0.15, 0.2) is 24.3 Å². The second-order valence-corrected chi connectivity index (χ2v) is 4.61. The van der Waals surface area contributed by atoms with E-state index in [4.69, 9.17) is 5.26 Å². The lowest BCUT2D eigenvalue weighted by molar-refractivity contribution is 0.238. The molecule has 0 saturated heterocycles. The maximum atomic E-state index is 9.06. The van der Waals surface area contributed by atoms with E-state index >= 15 is 0 Å². The molecule has 0 N–H and O–H groups in total. The molecular weight excluding hydrogens is 208 g/mol. The monoisotopic (exact) mass is 230 g/mol. The van der Waals surface area contributed by atoms with Crippen LogP contribution in [0.25, 0.3) is 0 Å². The Labute approximate surface area is 105 Å². The van der Waals surface area contributed by atoms with Gasteiger partial charge < -0.3 is 0 Å². The molecule has 0 fully saturated rings. The second kappa shape index (κ2) is 7.09. The van der Waals surface area contributed by atoms with Gasteiger partial charge in [-0.25, -0.2) is 0 Å². The molecule has 92 valence electrons. The average molecular weight is 230 g/mol. The molecule has 1 aromatic carbocycles. The summed E-state index contributed by atoms with van der Waals surface area (Å²) in [6.45, 7) is 9.69. The molecule has 0 aliphatic rings. The molecule has 0 amide bonds. The third-order valence-electron chi connectivity index (χ3n) is 3.25. The fourth-order valence-electron chi connectivity index (χ4n) is 1.88. The van der Waals surface area contributed by atoms with Gasteiger partial charge in [0, 0.05) is 13.1 Å². The Balaban J connectivity index is 2.71. The molecule has 1 unspecified atom stereocenters. The molecule has 0 radical (unpaired) electrons. The topological polar surface area (TPSA) is 27.0 Å². The minimum Gasteiger partial charge on any atom is -0.299 e. The van der Waals surface area contributed by atoms with Crippen LogP contribution in [0, 0.1) is 17.2 Å². The zero-order chi connectivity index (χ0) is 12.7. The summed E-state index contributed by atoms with van der Waals surface area (Å²) >= 11 is 0. The summed E-state index contributed by atoms with van der Waals surface area (Å²) in [5, 5.41) is 9.06. The van der Waals surface area contributed by atoms with Crippen molar-refractivity contribution in [3.8, 4) is 6.07 Å². The van der Waals surface area contributed by atoms with Crippen molar-refractivity contribution in [1.29, 1.82) is 5.26 Å². The first-order valence-corrected chi connectivity index (χ1v) is 6.41. The minimum atomic E-state index is 0.712. The zero-order valence-corrected chi connectivity index (χ0v) is 11.1. The third kappa shape index (κ3) is 4.20. The zero-order valence-electron chi connectivity index (χ0n) is 11.1. The van der Waals surface area contributed by atoms with Crippen molar-refractivity contribution in [3.05, 3.63) is 35.4 Å². The highest BCUT2D eigenvalue weighted by molar-refractivity contribution is 5.37. The van der Waals surface area contributed by atoms with Gasteiger partial charge in [-0.05, 0) is 24.1 Å². The van der Waals surface area contributed by atoms with Crippen molar-refractivity contribution in [2.75, 3.05) is 13.1 Å². The van der Waals surface area contributed by atoms with Gasteiger partial charge in [0.25, 0.3) is 0 Å². The molecule has 1 rings (SSSR count). The first-order valence-electron chi connectivity index (χ1n) is 6.41. The molecule has 17 heavy (non-hydrogen) atoms. The highest BCUT2D eigenvalue weighted by Crippen LogP contribution is 2.12. The van der Waals surface area contributed by atoms with E-state index in [-0.39, 0.29) is 0 Å². The molecule has 0 aromatic heterocycles. The molecule has 1 atom stereocenters. The lowest BCUT2D eigenvalue weighted by Gasteiger charge is -2.24. The van der Waals surface area contributed by atoms with Gasteiger partial charge in [-0.1, -0.05) is 45.4 Å². The summed E-state index contributed by atoms with van der Waals surface area (Å²) in [6.07, 6.45) is 1.20. The van der Waals surface area contributed by atoms with Crippen LogP contribution in [0.5, 0.6) is 0 Å². The lowest BCUT2D eigenvalue weighted by Crippen LogP contribution is -2.28. The van der Waals surface area contributed by atoms with E-state index in [2.05, 4.69) is 37.8 Å². The van der Waals surface area contributed by atoms with E-state index in [0.29, 0.717) is 5.92 Å². The standard InChI is InChI=1S/C15H22N2/c1-4-13(3)11-17(5-2)12-15-9-7-6-8-14(15)10-16/h6-9,13H,4-5,11-12H2,1-3H3. The molecule has 0 aliphatic carbocycles. The van der Waals surface area contributed by atoms with Crippen LogP contribution < -0.4 is 0 Å². The van der Waals surface area contributed by atoms with Gasteiger partial charge in [-0.3, -0.25) is 4.90 Å². The lowest BCUT2D eigenvalue weighted by atomic mass is 10.1. The van der Waals surface area contributed by atoms with Gasteiger partial charge in [0.2, 0.25) is 0 Å². The highest BCUT2D eigenvalue weighted by atomic mass is 15.1. The number of nitriles is 1. The number of rotatable bonds is 6. The molecule has 0 spiro atoms. The maximum absolute atomic E-state index is 9.06. The van der Waals surface area contributed by atoms with E-state index in [1.54, 1.807) is 0 Å². The highest BCUT2D eigenvalue weighted by Gasteiger charge is 2.09. The normalized spacial score (nSPS) is 12.4. The summed E-state index contributed by atoms with van der Waals surface area (Å²) in [5.74, 6) is 0.712. The van der Waals surface area contributed by atoms with E-state index < -0.39 is 0 Å². The maximum Gasteiger partial charge on any atom is 0.0995 e. The van der Waals surface area contributed by atoms with Crippen molar-refractivity contribution >= 4 is 0 Å². The number of hydrogen-bond donors (Lipinski definition) is 0. The Kier molecular flexibility index (Phi) is 5.72. The van der Waals surface area contributed by atoms with Gasteiger partial charge >= 0.3 is 0 Å². The fraction of sp³-hybridized carbons (Fsp3) is 0.533. The predicted molar refractivity (Wildman–Crippen MR) is 71.6 cm³/mol. The molecule has 0 aliphatic heterocycles. The van der Waals surface area contributed by atoms with Crippen LogP contribution in [-0.4, -0.2) is 18.0 Å². The Morgan fingerprint density at radius 2 is 2.00 bits per heavy atom. The van der Waals surface area contributed by atoms with Crippen molar-refractivity contribution in [1.82, 2.24) is 4.90 Å². The quantitative estimate of drug-likeness (QED) is 0.748. The molecule has 1 aromatic rings. The van der Waals surface area contributed by atoms with Crippen LogP contribution in [0.2, 0.25) is 0 Å². The average Bonchev–Trinajstić information content (AvgIpc) is 2.38. The van der Waals surface area contributed by atoms with Gasteiger partial charge in [0.15, 0.2) is 0 Å². The SMILES string of the molecule is CCC(C)CN(CC)Cc1ccccc1C#N. The summed E-state index contributed by atoms with van der Waals surface area (Å²) in [4.78, 5) is 2.41. The van der Waals surface area contributed by atoms with Gasteiger partial charge in [0.1, 0.15) is 0 Å². The molecule has 0 saturated carbocycles. The van der Waals surface area contributed by atoms with Crippen LogP contribution in [0.3, 0.4) is 0 Å². The van der Waals surface area contributed by atoms with Crippen LogP contribution in [-0.2, 0) is 6.54 Å². The van der Waals surface area contributed by atoms with Crippen molar-refractivity contribution in [2.24, 2.45) is 5.92 Å². The van der Waals surface area contributed by atoms with E-state index in [0.717, 1.165) is 30.8 Å². The molecule has 2 nitrogen and oxygen atoms in total. The summed E-state index contributed by atoms with van der Waals surface area (Å²) in [5.41, 5.74) is 1.94. The molecule has 2 heteroatoms. The van der Waals surface area contributed by atoms with Gasteiger partial charge in [0.05, 0.1) is 11.6 Å². The fourth-order valence-corrected chi connectivity index (χ4v) is 1.88.